The summed E-state index contributed by atoms with van der Waals surface area (Å²) in [6.45, 7) is 18.5. The van der Waals surface area contributed by atoms with Crippen LogP contribution < -0.4 is 35.2 Å². The van der Waals surface area contributed by atoms with Gasteiger partial charge in [0.2, 0.25) is 11.8 Å². The number of piperidine rings is 1. The third-order valence-corrected chi connectivity index (χ3v) is 12.8. The molecule has 14 heteroatoms. The van der Waals surface area contributed by atoms with Gasteiger partial charge in [-0.1, -0.05) is 27.7 Å². The average Bonchev–Trinajstić information content (AvgIpc) is 3.22. The van der Waals surface area contributed by atoms with Gasteiger partial charge in [-0.25, -0.2) is 0 Å². The fourth-order valence-electron chi connectivity index (χ4n) is 9.82. The largest absolute Gasteiger partial charge is 0.495 e. The van der Waals surface area contributed by atoms with E-state index in [1.165, 1.54) is 0 Å². The number of amides is 4. The van der Waals surface area contributed by atoms with Gasteiger partial charge in [0.05, 0.1) is 37.1 Å². The molecule has 4 amide bonds. The van der Waals surface area contributed by atoms with E-state index in [2.05, 4.69) is 64.4 Å². The van der Waals surface area contributed by atoms with Gasteiger partial charge in [-0.05, 0) is 86.0 Å². The van der Waals surface area contributed by atoms with Crippen molar-refractivity contribution in [2.45, 2.75) is 78.7 Å². The highest BCUT2D eigenvalue weighted by Gasteiger charge is 2.64. The molecule has 318 valence electrons. The first kappa shape index (κ1) is 42.5. The lowest BCUT2D eigenvalue weighted by atomic mass is 9.49. The van der Waals surface area contributed by atoms with Crippen LogP contribution in [0.15, 0.2) is 54.6 Å². The van der Waals surface area contributed by atoms with Gasteiger partial charge in [-0.15, -0.1) is 0 Å². The number of carbonyl (C=O) groups excluding carboxylic acids is 4. The van der Waals surface area contributed by atoms with Crippen LogP contribution in [0, 0.1) is 36.0 Å². The van der Waals surface area contributed by atoms with E-state index in [1.807, 2.05) is 56.3 Å². The normalized spacial score (nSPS) is 23.8. The van der Waals surface area contributed by atoms with Crippen molar-refractivity contribution >= 4 is 35.0 Å². The highest BCUT2D eigenvalue weighted by molar-refractivity contribution is 6.04. The molecule has 7 rings (SSSR count). The predicted octanol–water partition coefficient (Wildman–Crippen LogP) is 4.36. The number of benzene rings is 3. The lowest BCUT2D eigenvalue weighted by molar-refractivity contribution is -0.164. The summed E-state index contributed by atoms with van der Waals surface area (Å²) in [6.07, 6.45) is 0.348. The van der Waals surface area contributed by atoms with Gasteiger partial charge in [0.1, 0.15) is 23.6 Å². The second-order valence-corrected chi connectivity index (χ2v) is 17.7. The maximum absolute atomic E-state index is 13.6. The Balaban J connectivity index is 0.889. The Hall–Kier alpha value is -5.65. The molecule has 3 heterocycles. The summed E-state index contributed by atoms with van der Waals surface area (Å²) in [7, 11) is 1.58. The maximum atomic E-state index is 13.6. The van der Waals surface area contributed by atoms with Gasteiger partial charge < -0.3 is 34.6 Å². The van der Waals surface area contributed by atoms with Crippen molar-refractivity contribution in [2.75, 3.05) is 69.3 Å². The van der Waals surface area contributed by atoms with E-state index >= 15 is 0 Å². The van der Waals surface area contributed by atoms with Gasteiger partial charge in [0, 0.05) is 85.9 Å². The molecule has 3 aromatic carbocycles. The molecule has 14 nitrogen and oxygen atoms in total. The molecule has 0 radical (unpaired) electrons. The van der Waals surface area contributed by atoms with Crippen LogP contribution in [0.5, 0.6) is 11.5 Å². The monoisotopic (exact) mass is 819 g/mol. The second-order valence-electron chi connectivity index (χ2n) is 17.7. The Labute approximate surface area is 352 Å². The van der Waals surface area contributed by atoms with Crippen LogP contribution in [-0.2, 0) is 14.3 Å². The van der Waals surface area contributed by atoms with E-state index in [4.69, 9.17) is 14.2 Å². The number of nitrogens with zero attached hydrogens (tertiary/aromatic N) is 4. The van der Waals surface area contributed by atoms with Gasteiger partial charge in [0.25, 0.3) is 11.8 Å². The number of hydrogen-bond donors (Lipinski definition) is 3. The fourth-order valence-corrected chi connectivity index (χ4v) is 9.82. The standard InChI is InChI=1S/C46H57N7O7/c1-28-22-33(23-29(2)35(28)25-47)60-44-45(3,4)43(46(44,5)6)50-40(55)30-8-11-32(12-9-30)53-20-21-59-34(27-53)26-51-16-18-52(19-17-51)37-14-10-31(24-38(37)58-7)41(56)48-36-13-15-39(54)49-42(36)57/h8-12,14,22-24,34,36,43-44H,13,15-21,26-27H2,1-7H3,(H,48,56)(H,50,55)(H,49,54,57)/t34-,36?,43-,44-/m0/s1. The smallest absolute Gasteiger partial charge is 0.252 e. The number of hydrogen-bond acceptors (Lipinski definition) is 11. The fraction of sp³-hybridized carbons (Fsp3) is 0.500. The van der Waals surface area contributed by atoms with Crippen LogP contribution in [-0.4, -0.2) is 112 Å². The van der Waals surface area contributed by atoms with Crippen molar-refractivity contribution in [2.24, 2.45) is 10.8 Å². The van der Waals surface area contributed by atoms with E-state index in [0.29, 0.717) is 29.0 Å². The van der Waals surface area contributed by atoms with Crippen molar-refractivity contribution in [3.8, 4) is 17.6 Å². The SMILES string of the molecule is COc1cc(C(=O)NC2CCC(=O)NC2=O)ccc1N1CCN(C[C@H]2CN(c3ccc(C(=O)N[C@H]4C(C)(C)[C@H](Oc5cc(C)c(C#N)c(C)c5)C4(C)C)cc3)CCO2)CC1. The Morgan fingerprint density at radius 1 is 0.883 bits per heavy atom. The number of morpholine rings is 1. The van der Waals surface area contributed by atoms with Crippen molar-refractivity contribution in [1.82, 2.24) is 20.9 Å². The molecular formula is C46H57N7O7. The summed E-state index contributed by atoms with van der Waals surface area (Å²) in [6, 6.07) is 18.4. The molecular weight excluding hydrogens is 763 g/mol. The van der Waals surface area contributed by atoms with Crippen LogP contribution in [0.3, 0.4) is 0 Å². The summed E-state index contributed by atoms with van der Waals surface area (Å²) >= 11 is 0. The number of imide groups is 1. The zero-order chi connectivity index (χ0) is 42.9. The van der Waals surface area contributed by atoms with Crippen molar-refractivity contribution < 1.29 is 33.4 Å². The summed E-state index contributed by atoms with van der Waals surface area (Å²) in [5.74, 6) is -0.0122. The quantitative estimate of drug-likeness (QED) is 0.236. The van der Waals surface area contributed by atoms with Crippen LogP contribution in [0.2, 0.25) is 0 Å². The zero-order valence-corrected chi connectivity index (χ0v) is 35.7. The van der Waals surface area contributed by atoms with Crippen LogP contribution in [0.25, 0.3) is 0 Å². The molecule has 3 N–H and O–H groups in total. The molecule has 2 atom stereocenters. The molecule has 1 saturated carbocycles. The number of aryl methyl sites for hydroxylation is 2. The molecule has 1 unspecified atom stereocenters. The minimum absolute atomic E-state index is 0.0281. The van der Waals surface area contributed by atoms with E-state index in [-0.39, 0.29) is 53.7 Å². The van der Waals surface area contributed by atoms with E-state index in [1.54, 1.807) is 19.2 Å². The van der Waals surface area contributed by atoms with Crippen LogP contribution >= 0.6 is 0 Å². The van der Waals surface area contributed by atoms with Gasteiger partial charge in [-0.2, -0.15) is 5.26 Å². The summed E-state index contributed by atoms with van der Waals surface area (Å²) in [4.78, 5) is 57.2. The Morgan fingerprint density at radius 3 is 2.17 bits per heavy atom. The number of carbonyl (C=O) groups is 4. The number of methoxy groups -OCH3 is 1. The van der Waals surface area contributed by atoms with E-state index in [0.717, 1.165) is 74.1 Å². The Kier molecular flexibility index (Phi) is 12.1. The van der Waals surface area contributed by atoms with Crippen molar-refractivity contribution in [1.29, 1.82) is 5.26 Å². The molecule has 3 saturated heterocycles. The summed E-state index contributed by atoms with van der Waals surface area (Å²) in [5.41, 5.74) is 4.74. The minimum Gasteiger partial charge on any atom is -0.495 e. The highest BCUT2D eigenvalue weighted by atomic mass is 16.5. The van der Waals surface area contributed by atoms with Crippen molar-refractivity contribution in [3.05, 3.63) is 82.4 Å². The number of nitriles is 1. The number of anilines is 2. The molecule has 4 fully saturated rings. The molecule has 3 aliphatic heterocycles. The second kappa shape index (κ2) is 17.1. The third-order valence-electron chi connectivity index (χ3n) is 12.8. The third kappa shape index (κ3) is 8.65. The van der Waals surface area contributed by atoms with Crippen LogP contribution in [0.1, 0.15) is 77.9 Å². The Morgan fingerprint density at radius 2 is 1.53 bits per heavy atom. The first-order valence-electron chi connectivity index (χ1n) is 20.8. The van der Waals surface area contributed by atoms with E-state index < -0.39 is 17.9 Å². The lowest BCUT2D eigenvalue weighted by Crippen LogP contribution is -2.74. The minimum atomic E-state index is -0.750. The summed E-state index contributed by atoms with van der Waals surface area (Å²) < 4.78 is 18.5. The van der Waals surface area contributed by atoms with Gasteiger partial charge in [-0.3, -0.25) is 29.4 Å². The number of ether oxygens (including phenoxy) is 3. The number of nitrogens with one attached hydrogen (secondary N) is 3. The first-order chi connectivity index (χ1) is 28.6. The van der Waals surface area contributed by atoms with E-state index in [9.17, 15) is 24.4 Å². The summed E-state index contributed by atoms with van der Waals surface area (Å²) in [5, 5.41) is 17.8. The molecule has 0 aromatic heterocycles. The topological polar surface area (TPSA) is 166 Å². The Bertz CT molecular complexity index is 2130. The number of piperazine rings is 1. The van der Waals surface area contributed by atoms with Crippen LogP contribution in [0.4, 0.5) is 11.4 Å². The maximum Gasteiger partial charge on any atom is 0.252 e. The molecule has 4 aliphatic rings. The molecule has 0 spiro atoms. The van der Waals surface area contributed by atoms with Crippen molar-refractivity contribution in [3.63, 3.8) is 0 Å². The molecule has 60 heavy (non-hydrogen) atoms. The molecule has 3 aromatic rings. The lowest BCUT2D eigenvalue weighted by Gasteiger charge is -2.63. The van der Waals surface area contributed by atoms with Gasteiger partial charge in [0.15, 0.2) is 0 Å². The first-order valence-corrected chi connectivity index (χ1v) is 20.8. The number of rotatable bonds is 11. The molecule has 0 bridgehead atoms. The zero-order valence-electron chi connectivity index (χ0n) is 35.7. The predicted molar refractivity (Wildman–Crippen MR) is 228 cm³/mol. The highest BCUT2D eigenvalue weighted by Crippen LogP contribution is 2.55. The molecule has 1 aliphatic carbocycles. The van der Waals surface area contributed by atoms with Gasteiger partial charge >= 0.3 is 0 Å². The average molecular weight is 820 g/mol.